The molecule has 0 aliphatic carbocycles. The molecule has 1 aromatic rings. The molecule has 0 bridgehead atoms. The van der Waals surface area contributed by atoms with Gasteiger partial charge in [-0.2, -0.15) is 0 Å². The Bertz CT molecular complexity index is 647. The van der Waals surface area contributed by atoms with Crippen molar-refractivity contribution < 1.29 is 9.72 Å². The van der Waals surface area contributed by atoms with Gasteiger partial charge in [-0.25, -0.2) is 0 Å². The van der Waals surface area contributed by atoms with Crippen LogP contribution in [-0.4, -0.2) is 55.5 Å². The molecule has 0 radical (unpaired) electrons. The predicted molar refractivity (Wildman–Crippen MR) is 92.2 cm³/mol. The maximum atomic E-state index is 12.7. The number of benzene rings is 1. The van der Waals surface area contributed by atoms with Crippen molar-refractivity contribution in [2.24, 2.45) is 5.92 Å². The molecule has 1 saturated heterocycles. The van der Waals surface area contributed by atoms with Crippen LogP contribution in [0.25, 0.3) is 0 Å². The fourth-order valence-electron chi connectivity index (χ4n) is 3.81. The van der Waals surface area contributed by atoms with Gasteiger partial charge < -0.3 is 15.1 Å². The van der Waals surface area contributed by atoms with E-state index in [1.54, 1.807) is 12.1 Å². The number of hydrogen-bond donors (Lipinski definition) is 1. The molecule has 0 spiro atoms. The first-order valence-corrected chi connectivity index (χ1v) is 8.44. The number of non-ortho nitro benzene ring substituents is 1. The van der Waals surface area contributed by atoms with Crippen molar-refractivity contribution >= 4 is 17.3 Å². The summed E-state index contributed by atoms with van der Waals surface area (Å²) in [5.41, 5.74) is 2.06. The molecule has 1 aromatic carbocycles. The third-order valence-electron chi connectivity index (χ3n) is 4.98. The highest BCUT2D eigenvalue weighted by atomic mass is 16.6. The number of nitrogens with zero attached hydrogens (tertiary/aromatic N) is 3. The maximum Gasteiger partial charge on any atom is 0.269 e. The largest absolute Gasteiger partial charge is 0.368 e. The van der Waals surface area contributed by atoms with Crippen molar-refractivity contribution in [1.82, 2.24) is 10.2 Å². The first-order valence-electron chi connectivity index (χ1n) is 8.44. The van der Waals surface area contributed by atoms with E-state index in [0.29, 0.717) is 13.0 Å². The molecule has 1 N–H and O–H groups in total. The quantitative estimate of drug-likeness (QED) is 0.651. The average molecular weight is 332 g/mol. The van der Waals surface area contributed by atoms with E-state index in [-0.39, 0.29) is 28.5 Å². The standard InChI is InChI=1S/C17H24N4O3/c1-19(2)9-7-18-17(22)14-11-12-10-13(21(23)24)5-6-15(12)20-8-3-4-16(14)20/h5-6,10,14,16H,3-4,7-9,11H2,1-2H3,(H,18,22). The number of carbonyl (C=O) groups is 1. The molecule has 7 heteroatoms. The van der Waals surface area contributed by atoms with E-state index >= 15 is 0 Å². The number of nitro benzene ring substituents is 1. The molecule has 2 unspecified atom stereocenters. The minimum atomic E-state index is -0.373. The van der Waals surface area contributed by atoms with Crippen LogP contribution < -0.4 is 10.2 Å². The van der Waals surface area contributed by atoms with Crippen LogP contribution in [0, 0.1) is 16.0 Å². The molecule has 1 fully saturated rings. The zero-order chi connectivity index (χ0) is 17.3. The van der Waals surface area contributed by atoms with Crippen LogP contribution >= 0.6 is 0 Å². The topological polar surface area (TPSA) is 78.7 Å². The number of amides is 1. The average Bonchev–Trinajstić information content (AvgIpc) is 3.02. The van der Waals surface area contributed by atoms with E-state index < -0.39 is 0 Å². The number of nitrogens with one attached hydrogen (secondary N) is 1. The molecular weight excluding hydrogens is 308 g/mol. The van der Waals surface area contributed by atoms with Crippen LogP contribution in [0.1, 0.15) is 18.4 Å². The summed E-state index contributed by atoms with van der Waals surface area (Å²) >= 11 is 0. The second-order valence-electron chi connectivity index (χ2n) is 6.88. The lowest BCUT2D eigenvalue weighted by atomic mass is 9.85. The number of likely N-dealkylation sites (N-methyl/N-ethyl adjacent to an activating group) is 1. The van der Waals surface area contributed by atoms with Crippen molar-refractivity contribution in [3.05, 3.63) is 33.9 Å². The predicted octanol–water partition coefficient (Wildman–Crippen LogP) is 1.41. The molecule has 2 aliphatic rings. The molecule has 2 heterocycles. The van der Waals surface area contributed by atoms with Crippen LogP contribution in [0.3, 0.4) is 0 Å². The van der Waals surface area contributed by atoms with Crippen LogP contribution in [0.2, 0.25) is 0 Å². The lowest BCUT2D eigenvalue weighted by Gasteiger charge is -2.38. The van der Waals surface area contributed by atoms with E-state index in [9.17, 15) is 14.9 Å². The van der Waals surface area contributed by atoms with Gasteiger partial charge in [-0.3, -0.25) is 14.9 Å². The Morgan fingerprint density at radius 3 is 2.96 bits per heavy atom. The summed E-state index contributed by atoms with van der Waals surface area (Å²) in [6.07, 6.45) is 2.64. The number of carbonyl (C=O) groups excluding carboxylic acids is 1. The van der Waals surface area contributed by atoms with Crippen molar-refractivity contribution in [3.8, 4) is 0 Å². The second kappa shape index (κ2) is 6.76. The Labute approximate surface area is 141 Å². The van der Waals surface area contributed by atoms with Gasteiger partial charge in [0.1, 0.15) is 0 Å². The van der Waals surface area contributed by atoms with Crippen LogP contribution in [-0.2, 0) is 11.2 Å². The highest BCUT2D eigenvalue weighted by Gasteiger charge is 2.41. The fraction of sp³-hybridized carbons (Fsp3) is 0.588. The SMILES string of the molecule is CN(C)CCNC(=O)C1Cc2cc([N+](=O)[O-])ccc2N2CCCC12. The Balaban J connectivity index is 1.81. The molecule has 0 aromatic heterocycles. The van der Waals surface area contributed by atoms with E-state index in [0.717, 1.165) is 37.2 Å². The molecule has 1 amide bonds. The van der Waals surface area contributed by atoms with Crippen molar-refractivity contribution in [3.63, 3.8) is 0 Å². The highest BCUT2D eigenvalue weighted by molar-refractivity contribution is 5.82. The fourth-order valence-corrected chi connectivity index (χ4v) is 3.81. The summed E-state index contributed by atoms with van der Waals surface area (Å²) in [7, 11) is 3.95. The van der Waals surface area contributed by atoms with Gasteiger partial charge in [0.15, 0.2) is 0 Å². The normalized spacial score (nSPS) is 22.2. The Kier molecular flexibility index (Phi) is 4.71. The lowest BCUT2D eigenvalue weighted by molar-refractivity contribution is -0.384. The molecule has 2 atom stereocenters. The van der Waals surface area contributed by atoms with Gasteiger partial charge in [0.25, 0.3) is 5.69 Å². The number of rotatable bonds is 5. The lowest BCUT2D eigenvalue weighted by Crippen LogP contribution is -2.49. The number of nitro groups is 1. The third kappa shape index (κ3) is 3.21. The molecule has 0 saturated carbocycles. The zero-order valence-electron chi connectivity index (χ0n) is 14.2. The van der Waals surface area contributed by atoms with Gasteiger partial charge in [0.05, 0.1) is 10.8 Å². The zero-order valence-corrected chi connectivity index (χ0v) is 14.2. The van der Waals surface area contributed by atoms with Crippen LogP contribution in [0.15, 0.2) is 18.2 Å². The second-order valence-corrected chi connectivity index (χ2v) is 6.88. The van der Waals surface area contributed by atoms with Crippen molar-refractivity contribution in [1.29, 1.82) is 0 Å². The molecule has 7 nitrogen and oxygen atoms in total. The summed E-state index contributed by atoms with van der Waals surface area (Å²) in [6.45, 7) is 2.34. The summed E-state index contributed by atoms with van der Waals surface area (Å²) in [5.74, 6) is -0.0740. The third-order valence-corrected chi connectivity index (χ3v) is 4.98. The molecular formula is C17H24N4O3. The molecule has 24 heavy (non-hydrogen) atoms. The van der Waals surface area contributed by atoms with Gasteiger partial charge in [-0.1, -0.05) is 0 Å². The number of hydrogen-bond acceptors (Lipinski definition) is 5. The minimum Gasteiger partial charge on any atom is -0.368 e. The van der Waals surface area contributed by atoms with Crippen molar-refractivity contribution in [2.45, 2.75) is 25.3 Å². The Morgan fingerprint density at radius 1 is 1.46 bits per heavy atom. The van der Waals surface area contributed by atoms with E-state index in [1.807, 2.05) is 25.1 Å². The maximum absolute atomic E-state index is 12.7. The van der Waals surface area contributed by atoms with Gasteiger partial charge >= 0.3 is 0 Å². The van der Waals surface area contributed by atoms with Gasteiger partial charge in [0, 0.05) is 43.5 Å². The van der Waals surface area contributed by atoms with Gasteiger partial charge in [-0.15, -0.1) is 0 Å². The van der Waals surface area contributed by atoms with Crippen LogP contribution in [0.5, 0.6) is 0 Å². The van der Waals surface area contributed by atoms with Gasteiger partial charge in [0.2, 0.25) is 5.91 Å². The monoisotopic (exact) mass is 332 g/mol. The first kappa shape index (κ1) is 16.7. The molecule has 2 aliphatic heterocycles. The van der Waals surface area contributed by atoms with Crippen LogP contribution in [0.4, 0.5) is 11.4 Å². The minimum absolute atomic E-state index is 0.0610. The van der Waals surface area contributed by atoms with Gasteiger partial charge in [-0.05, 0) is 45.0 Å². The Morgan fingerprint density at radius 2 is 2.25 bits per heavy atom. The Hall–Kier alpha value is -2.15. The number of anilines is 1. The summed E-state index contributed by atoms with van der Waals surface area (Å²) in [5, 5.41) is 14.1. The molecule has 3 rings (SSSR count). The molecule has 130 valence electrons. The summed E-state index contributed by atoms with van der Waals surface area (Å²) in [4.78, 5) is 27.6. The van der Waals surface area contributed by atoms with Crippen molar-refractivity contribution in [2.75, 3.05) is 38.6 Å². The summed E-state index contributed by atoms with van der Waals surface area (Å²) in [6, 6.07) is 5.24. The smallest absolute Gasteiger partial charge is 0.269 e. The highest BCUT2D eigenvalue weighted by Crippen LogP contribution is 2.40. The summed E-state index contributed by atoms with van der Waals surface area (Å²) < 4.78 is 0. The number of fused-ring (bicyclic) bond motifs is 3. The van der Waals surface area contributed by atoms with E-state index in [4.69, 9.17) is 0 Å². The van der Waals surface area contributed by atoms with E-state index in [2.05, 4.69) is 10.2 Å². The van der Waals surface area contributed by atoms with E-state index in [1.165, 1.54) is 0 Å². The first-order chi connectivity index (χ1) is 11.5.